The molecule has 0 aromatic rings. The number of aliphatic hydroxyl groups is 2. The second-order valence-electron chi connectivity index (χ2n) is 8.62. The van der Waals surface area contributed by atoms with Crippen LogP contribution in [0.4, 0.5) is 0 Å². The molecule has 0 saturated carbocycles. The van der Waals surface area contributed by atoms with E-state index >= 15 is 0 Å². The Bertz CT molecular complexity index is 235. The standard InChI is InChI=1S/C25H53NO2/c27-24-20-16-14-12-10-8-6-4-2-1-3-5-7-9-11-13-15-18-22-26-23-19-17-21-25-28/h26-28H,1-25H2. The lowest BCUT2D eigenvalue weighted by Crippen LogP contribution is -2.16. The van der Waals surface area contributed by atoms with E-state index < -0.39 is 0 Å². The molecule has 0 spiro atoms. The zero-order valence-electron chi connectivity index (χ0n) is 19.1. The molecule has 0 aliphatic carbocycles. The minimum atomic E-state index is 0.341. The molecule has 0 aliphatic heterocycles. The molecule has 0 bridgehead atoms. The van der Waals surface area contributed by atoms with E-state index in [0.717, 1.165) is 25.8 Å². The van der Waals surface area contributed by atoms with E-state index in [1.165, 1.54) is 122 Å². The van der Waals surface area contributed by atoms with Gasteiger partial charge in [-0.1, -0.05) is 103 Å². The van der Waals surface area contributed by atoms with Crippen LogP contribution in [0.15, 0.2) is 0 Å². The average molecular weight is 400 g/mol. The second-order valence-corrected chi connectivity index (χ2v) is 8.62. The highest BCUT2D eigenvalue weighted by molar-refractivity contribution is 4.52. The van der Waals surface area contributed by atoms with Crippen LogP contribution < -0.4 is 5.32 Å². The van der Waals surface area contributed by atoms with Crippen LogP contribution in [0.2, 0.25) is 0 Å². The van der Waals surface area contributed by atoms with Crippen LogP contribution in [0.25, 0.3) is 0 Å². The maximum atomic E-state index is 8.74. The first kappa shape index (κ1) is 27.9. The van der Waals surface area contributed by atoms with Gasteiger partial charge in [0.1, 0.15) is 0 Å². The van der Waals surface area contributed by atoms with Crippen LogP contribution in [-0.2, 0) is 0 Å². The molecule has 0 unspecified atom stereocenters. The Balaban J connectivity index is 2.96. The number of aliphatic hydroxyl groups excluding tert-OH is 2. The summed E-state index contributed by atoms with van der Waals surface area (Å²) < 4.78 is 0. The van der Waals surface area contributed by atoms with Gasteiger partial charge < -0.3 is 15.5 Å². The molecule has 3 heteroatoms. The quantitative estimate of drug-likeness (QED) is 0.149. The van der Waals surface area contributed by atoms with Crippen molar-refractivity contribution < 1.29 is 10.2 Å². The Labute approximate surface area is 177 Å². The van der Waals surface area contributed by atoms with Crippen molar-refractivity contribution in [1.29, 1.82) is 0 Å². The van der Waals surface area contributed by atoms with Gasteiger partial charge in [0, 0.05) is 13.2 Å². The van der Waals surface area contributed by atoms with E-state index in [1.807, 2.05) is 0 Å². The Kier molecular flexibility index (Phi) is 26.8. The Hall–Kier alpha value is -0.120. The molecule has 0 radical (unpaired) electrons. The molecule has 3 N–H and O–H groups in total. The largest absolute Gasteiger partial charge is 0.396 e. The van der Waals surface area contributed by atoms with Gasteiger partial charge in [0.15, 0.2) is 0 Å². The van der Waals surface area contributed by atoms with Crippen molar-refractivity contribution >= 4 is 0 Å². The number of rotatable bonds is 25. The predicted octanol–water partition coefficient (Wildman–Crippen LogP) is 6.75. The zero-order valence-corrected chi connectivity index (χ0v) is 19.1. The van der Waals surface area contributed by atoms with Crippen molar-refractivity contribution in [2.24, 2.45) is 0 Å². The fourth-order valence-corrected chi connectivity index (χ4v) is 3.85. The monoisotopic (exact) mass is 399 g/mol. The maximum Gasteiger partial charge on any atom is 0.0431 e. The molecule has 0 fully saturated rings. The summed E-state index contributed by atoms with van der Waals surface area (Å²) in [4.78, 5) is 0. The lowest BCUT2D eigenvalue weighted by Gasteiger charge is -2.05. The van der Waals surface area contributed by atoms with E-state index in [4.69, 9.17) is 10.2 Å². The number of hydrogen-bond acceptors (Lipinski definition) is 3. The fraction of sp³-hybridized carbons (Fsp3) is 1.00. The minimum absolute atomic E-state index is 0.341. The topological polar surface area (TPSA) is 52.5 Å². The number of nitrogens with one attached hydrogen (secondary N) is 1. The van der Waals surface area contributed by atoms with Crippen LogP contribution in [0.5, 0.6) is 0 Å². The summed E-state index contributed by atoms with van der Waals surface area (Å²) in [6, 6.07) is 0. The minimum Gasteiger partial charge on any atom is -0.396 e. The van der Waals surface area contributed by atoms with Gasteiger partial charge in [-0.25, -0.2) is 0 Å². The lowest BCUT2D eigenvalue weighted by atomic mass is 10.0. The van der Waals surface area contributed by atoms with Crippen LogP contribution in [-0.4, -0.2) is 36.5 Å². The van der Waals surface area contributed by atoms with Gasteiger partial charge in [0.05, 0.1) is 0 Å². The lowest BCUT2D eigenvalue weighted by molar-refractivity contribution is 0.282. The smallest absolute Gasteiger partial charge is 0.0431 e. The van der Waals surface area contributed by atoms with E-state index in [2.05, 4.69) is 5.32 Å². The third kappa shape index (κ3) is 25.9. The Morgan fingerprint density at radius 1 is 0.286 bits per heavy atom. The van der Waals surface area contributed by atoms with Crippen molar-refractivity contribution in [2.75, 3.05) is 26.3 Å². The van der Waals surface area contributed by atoms with E-state index in [0.29, 0.717) is 13.2 Å². The molecular formula is C25H53NO2. The van der Waals surface area contributed by atoms with Gasteiger partial charge in [-0.05, 0) is 45.2 Å². The molecule has 0 rings (SSSR count). The normalized spacial score (nSPS) is 11.4. The Morgan fingerprint density at radius 3 is 0.786 bits per heavy atom. The van der Waals surface area contributed by atoms with Crippen molar-refractivity contribution in [3.8, 4) is 0 Å². The third-order valence-corrected chi connectivity index (χ3v) is 5.77. The molecule has 0 amide bonds. The van der Waals surface area contributed by atoms with Crippen molar-refractivity contribution in [3.63, 3.8) is 0 Å². The van der Waals surface area contributed by atoms with Crippen molar-refractivity contribution in [2.45, 2.75) is 135 Å². The first-order valence-electron chi connectivity index (χ1n) is 12.8. The predicted molar refractivity (Wildman–Crippen MR) is 124 cm³/mol. The summed E-state index contributed by atoms with van der Waals surface area (Å²) in [6.45, 7) is 2.99. The SMILES string of the molecule is OCCCCCCCCCCCCCCCCCCCCNCCCCCO. The second kappa shape index (κ2) is 26.9. The molecule has 28 heavy (non-hydrogen) atoms. The average Bonchev–Trinajstić information content (AvgIpc) is 2.71. The first-order chi connectivity index (χ1) is 13.9. The van der Waals surface area contributed by atoms with Gasteiger partial charge in [0.25, 0.3) is 0 Å². The van der Waals surface area contributed by atoms with Gasteiger partial charge in [-0.3, -0.25) is 0 Å². The van der Waals surface area contributed by atoms with Crippen LogP contribution in [0, 0.1) is 0 Å². The summed E-state index contributed by atoms with van der Waals surface area (Å²) in [5.74, 6) is 0. The molecule has 0 heterocycles. The Morgan fingerprint density at radius 2 is 0.500 bits per heavy atom. The van der Waals surface area contributed by atoms with E-state index in [1.54, 1.807) is 0 Å². The van der Waals surface area contributed by atoms with Crippen molar-refractivity contribution in [1.82, 2.24) is 5.32 Å². The molecule has 3 nitrogen and oxygen atoms in total. The molecular weight excluding hydrogens is 346 g/mol. The van der Waals surface area contributed by atoms with Gasteiger partial charge >= 0.3 is 0 Å². The highest BCUT2D eigenvalue weighted by Gasteiger charge is 1.95. The third-order valence-electron chi connectivity index (χ3n) is 5.77. The molecule has 170 valence electrons. The van der Waals surface area contributed by atoms with Crippen LogP contribution >= 0.6 is 0 Å². The van der Waals surface area contributed by atoms with Crippen molar-refractivity contribution in [3.05, 3.63) is 0 Å². The summed E-state index contributed by atoms with van der Waals surface area (Å²) in [5, 5.41) is 21.0. The molecule has 0 atom stereocenters. The molecule has 0 aromatic heterocycles. The number of hydrogen-bond donors (Lipinski definition) is 3. The first-order valence-corrected chi connectivity index (χ1v) is 12.8. The fourth-order valence-electron chi connectivity index (χ4n) is 3.85. The molecule has 0 saturated heterocycles. The number of unbranched alkanes of at least 4 members (excludes halogenated alkanes) is 19. The summed E-state index contributed by atoms with van der Waals surface area (Å²) in [5.41, 5.74) is 0. The maximum absolute atomic E-state index is 8.74. The summed E-state index contributed by atoms with van der Waals surface area (Å²) in [7, 11) is 0. The summed E-state index contributed by atoms with van der Waals surface area (Å²) in [6.07, 6.45) is 28.0. The van der Waals surface area contributed by atoms with Gasteiger partial charge in [0.2, 0.25) is 0 Å². The molecule has 0 aromatic carbocycles. The van der Waals surface area contributed by atoms with Gasteiger partial charge in [-0.15, -0.1) is 0 Å². The summed E-state index contributed by atoms with van der Waals surface area (Å²) >= 11 is 0. The van der Waals surface area contributed by atoms with E-state index in [9.17, 15) is 0 Å². The molecule has 0 aliphatic rings. The van der Waals surface area contributed by atoms with E-state index in [-0.39, 0.29) is 0 Å². The van der Waals surface area contributed by atoms with Crippen LogP contribution in [0.1, 0.15) is 135 Å². The highest BCUT2D eigenvalue weighted by Crippen LogP contribution is 2.14. The zero-order chi connectivity index (χ0) is 20.4. The van der Waals surface area contributed by atoms with Crippen LogP contribution in [0.3, 0.4) is 0 Å². The highest BCUT2D eigenvalue weighted by atomic mass is 16.3. The van der Waals surface area contributed by atoms with Gasteiger partial charge in [-0.2, -0.15) is 0 Å².